The molecule has 0 bridgehead atoms. The van der Waals surface area contributed by atoms with Crippen LogP contribution in [-0.2, 0) is 17.6 Å². The molecule has 2 heterocycles. The monoisotopic (exact) mass is 354 g/mol. The van der Waals surface area contributed by atoms with Crippen molar-refractivity contribution < 1.29 is 9.18 Å². The lowest BCUT2D eigenvalue weighted by molar-refractivity contribution is -0.117. The fourth-order valence-corrected chi connectivity index (χ4v) is 2.68. The van der Waals surface area contributed by atoms with Crippen LogP contribution >= 0.6 is 11.6 Å². The van der Waals surface area contributed by atoms with Crippen LogP contribution in [0.15, 0.2) is 54.9 Å². The normalized spacial score (nSPS) is 10.7. The number of halogens is 2. The van der Waals surface area contributed by atoms with E-state index < -0.39 is 0 Å². The number of rotatable bonds is 5. The van der Waals surface area contributed by atoms with E-state index in [4.69, 9.17) is 11.6 Å². The summed E-state index contributed by atoms with van der Waals surface area (Å²) in [5.74, 6) is -0.238. The Morgan fingerprint density at radius 3 is 2.56 bits per heavy atom. The molecule has 0 spiro atoms. The number of benzene rings is 1. The molecule has 0 aliphatic heterocycles. The molecule has 3 rings (SSSR count). The first-order valence-electron chi connectivity index (χ1n) is 7.85. The maximum absolute atomic E-state index is 13.3. The standard InChI is InChI=1S/C20H16ClFN2O/c1-13-7-14(11-24-20(13)21)8-19(25)10-18-6-5-16(12-23-18)15-3-2-4-17(22)9-15/h2-7,9,11-12H,8,10H2,1H3. The highest BCUT2D eigenvalue weighted by molar-refractivity contribution is 6.30. The number of hydrogen-bond acceptors (Lipinski definition) is 3. The highest BCUT2D eigenvalue weighted by Gasteiger charge is 2.09. The van der Waals surface area contributed by atoms with Crippen LogP contribution in [0.3, 0.4) is 0 Å². The fourth-order valence-electron chi connectivity index (χ4n) is 2.57. The Hall–Kier alpha value is -2.59. The molecule has 0 atom stereocenters. The number of nitrogens with zero attached hydrogens (tertiary/aromatic N) is 2. The second kappa shape index (κ2) is 7.53. The number of aryl methyl sites for hydroxylation is 1. The minimum Gasteiger partial charge on any atom is -0.299 e. The van der Waals surface area contributed by atoms with E-state index in [1.807, 2.05) is 25.1 Å². The Morgan fingerprint density at radius 1 is 1.04 bits per heavy atom. The molecule has 0 saturated heterocycles. The molecule has 3 nitrogen and oxygen atoms in total. The van der Waals surface area contributed by atoms with Crippen molar-refractivity contribution >= 4 is 17.4 Å². The molecule has 0 aliphatic rings. The van der Waals surface area contributed by atoms with E-state index in [1.54, 1.807) is 24.5 Å². The maximum Gasteiger partial charge on any atom is 0.143 e. The van der Waals surface area contributed by atoms with Gasteiger partial charge in [0, 0.05) is 36.5 Å². The van der Waals surface area contributed by atoms with Crippen LogP contribution in [-0.4, -0.2) is 15.8 Å². The first kappa shape index (κ1) is 17.2. The molecule has 2 aromatic heterocycles. The van der Waals surface area contributed by atoms with E-state index in [-0.39, 0.29) is 18.0 Å². The summed E-state index contributed by atoms with van der Waals surface area (Å²) in [5, 5.41) is 0.450. The third-order valence-electron chi connectivity index (χ3n) is 3.83. The molecule has 0 saturated carbocycles. The van der Waals surface area contributed by atoms with Gasteiger partial charge in [-0.15, -0.1) is 0 Å². The van der Waals surface area contributed by atoms with Crippen molar-refractivity contribution in [3.8, 4) is 11.1 Å². The van der Waals surface area contributed by atoms with Crippen LogP contribution in [0.4, 0.5) is 4.39 Å². The largest absolute Gasteiger partial charge is 0.299 e. The zero-order chi connectivity index (χ0) is 17.8. The summed E-state index contributed by atoms with van der Waals surface area (Å²) in [5.41, 5.74) is 3.94. The van der Waals surface area contributed by atoms with Gasteiger partial charge in [-0.05, 0) is 41.8 Å². The highest BCUT2D eigenvalue weighted by atomic mass is 35.5. The van der Waals surface area contributed by atoms with Crippen LogP contribution in [0.25, 0.3) is 11.1 Å². The van der Waals surface area contributed by atoms with Crippen LogP contribution in [0.5, 0.6) is 0 Å². The average Bonchev–Trinajstić information content (AvgIpc) is 2.59. The topological polar surface area (TPSA) is 42.9 Å². The highest BCUT2D eigenvalue weighted by Crippen LogP contribution is 2.19. The number of ketones is 1. The van der Waals surface area contributed by atoms with Gasteiger partial charge in [-0.1, -0.05) is 35.9 Å². The van der Waals surface area contributed by atoms with Crippen molar-refractivity contribution in [3.05, 3.63) is 82.6 Å². The Balaban J connectivity index is 1.66. The van der Waals surface area contributed by atoms with Crippen molar-refractivity contribution in [2.45, 2.75) is 19.8 Å². The summed E-state index contributed by atoms with van der Waals surface area (Å²) in [6.07, 6.45) is 3.81. The maximum atomic E-state index is 13.3. The van der Waals surface area contributed by atoms with Crippen molar-refractivity contribution in [3.63, 3.8) is 0 Å². The molecule has 3 aromatic rings. The van der Waals surface area contributed by atoms with Gasteiger partial charge in [0.05, 0.1) is 0 Å². The van der Waals surface area contributed by atoms with Crippen LogP contribution < -0.4 is 0 Å². The fraction of sp³-hybridized carbons (Fsp3) is 0.150. The number of carbonyl (C=O) groups excluding carboxylic acids is 1. The summed E-state index contributed by atoms with van der Waals surface area (Å²) < 4.78 is 13.3. The average molecular weight is 355 g/mol. The molecule has 0 unspecified atom stereocenters. The molecule has 1 aromatic carbocycles. The van der Waals surface area contributed by atoms with Gasteiger partial charge >= 0.3 is 0 Å². The van der Waals surface area contributed by atoms with E-state index in [1.165, 1.54) is 12.1 Å². The minimum atomic E-state index is -0.288. The molecule has 0 N–H and O–H groups in total. The molecule has 5 heteroatoms. The van der Waals surface area contributed by atoms with E-state index in [9.17, 15) is 9.18 Å². The Labute approximate surface area is 150 Å². The zero-order valence-corrected chi connectivity index (χ0v) is 14.4. The van der Waals surface area contributed by atoms with Crippen molar-refractivity contribution in [1.82, 2.24) is 9.97 Å². The molecular weight excluding hydrogens is 339 g/mol. The van der Waals surface area contributed by atoms with Crippen molar-refractivity contribution in [2.75, 3.05) is 0 Å². The summed E-state index contributed by atoms with van der Waals surface area (Å²) in [6, 6.07) is 11.8. The van der Waals surface area contributed by atoms with Gasteiger partial charge < -0.3 is 0 Å². The van der Waals surface area contributed by atoms with Gasteiger partial charge in [0.25, 0.3) is 0 Å². The second-order valence-corrected chi connectivity index (χ2v) is 6.25. The number of aromatic nitrogens is 2. The minimum absolute atomic E-state index is 0.0505. The van der Waals surface area contributed by atoms with Gasteiger partial charge in [0.2, 0.25) is 0 Å². The lowest BCUT2D eigenvalue weighted by Crippen LogP contribution is -2.08. The summed E-state index contributed by atoms with van der Waals surface area (Å²) in [7, 11) is 0. The second-order valence-electron chi connectivity index (χ2n) is 5.89. The predicted molar refractivity (Wildman–Crippen MR) is 96.0 cm³/mol. The van der Waals surface area contributed by atoms with Gasteiger partial charge in [0.15, 0.2) is 0 Å². The molecular formula is C20H16ClFN2O. The zero-order valence-electron chi connectivity index (χ0n) is 13.7. The van der Waals surface area contributed by atoms with Gasteiger partial charge in [-0.25, -0.2) is 9.37 Å². The predicted octanol–water partition coefficient (Wildman–Crippen LogP) is 4.60. The number of Topliss-reactive ketones (excluding diaryl/α,β-unsaturated/α-hetero) is 1. The molecule has 25 heavy (non-hydrogen) atoms. The van der Waals surface area contributed by atoms with Gasteiger partial charge in [-0.2, -0.15) is 0 Å². The first-order chi connectivity index (χ1) is 12.0. The van der Waals surface area contributed by atoms with E-state index in [0.717, 1.165) is 22.3 Å². The first-order valence-corrected chi connectivity index (χ1v) is 8.22. The lowest BCUT2D eigenvalue weighted by Gasteiger charge is -2.05. The molecule has 0 fully saturated rings. The SMILES string of the molecule is Cc1cc(CC(=O)Cc2ccc(-c3cccc(F)c3)cn2)cnc1Cl. The van der Waals surface area contributed by atoms with Crippen LogP contribution in [0.1, 0.15) is 16.8 Å². The van der Waals surface area contributed by atoms with E-state index in [2.05, 4.69) is 9.97 Å². The van der Waals surface area contributed by atoms with Gasteiger partial charge in [0.1, 0.15) is 16.8 Å². The lowest BCUT2D eigenvalue weighted by atomic mass is 10.0. The summed E-state index contributed by atoms with van der Waals surface area (Å²) in [4.78, 5) is 20.6. The summed E-state index contributed by atoms with van der Waals surface area (Å²) in [6.45, 7) is 1.86. The smallest absolute Gasteiger partial charge is 0.143 e. The third-order valence-corrected chi connectivity index (χ3v) is 4.23. The quantitative estimate of drug-likeness (QED) is 0.629. The van der Waals surface area contributed by atoms with Crippen LogP contribution in [0, 0.1) is 12.7 Å². The van der Waals surface area contributed by atoms with E-state index >= 15 is 0 Å². The Bertz CT molecular complexity index is 910. The summed E-state index contributed by atoms with van der Waals surface area (Å²) >= 11 is 5.89. The number of pyridine rings is 2. The number of carbonyl (C=O) groups is 1. The Kier molecular flexibility index (Phi) is 5.19. The molecule has 0 aliphatic carbocycles. The van der Waals surface area contributed by atoms with Crippen LogP contribution in [0.2, 0.25) is 5.15 Å². The van der Waals surface area contributed by atoms with Gasteiger partial charge in [-0.3, -0.25) is 9.78 Å². The van der Waals surface area contributed by atoms with Crippen molar-refractivity contribution in [1.29, 1.82) is 0 Å². The number of hydrogen-bond donors (Lipinski definition) is 0. The molecule has 0 radical (unpaired) electrons. The van der Waals surface area contributed by atoms with Crippen molar-refractivity contribution in [2.24, 2.45) is 0 Å². The Morgan fingerprint density at radius 2 is 1.88 bits per heavy atom. The molecule has 0 amide bonds. The molecule has 126 valence electrons. The third kappa shape index (κ3) is 4.48. The van der Waals surface area contributed by atoms with E-state index in [0.29, 0.717) is 17.3 Å².